The summed E-state index contributed by atoms with van der Waals surface area (Å²) in [5.74, 6) is 4.38. The van der Waals surface area contributed by atoms with E-state index in [1.54, 1.807) is 12.8 Å². The third-order valence-electron chi connectivity index (χ3n) is 7.19. The molecule has 4 aliphatic rings. The highest BCUT2D eigenvalue weighted by molar-refractivity contribution is 5.43. The molecular weight excluding hydrogens is 156 g/mol. The van der Waals surface area contributed by atoms with E-state index in [4.69, 9.17) is 0 Å². The van der Waals surface area contributed by atoms with Crippen molar-refractivity contribution in [1.29, 1.82) is 0 Å². The molecule has 0 aromatic rings. The third-order valence-corrected chi connectivity index (χ3v) is 7.19. The van der Waals surface area contributed by atoms with Crippen molar-refractivity contribution >= 4 is 0 Å². The Hall–Kier alpha value is 0. The van der Waals surface area contributed by atoms with Crippen molar-refractivity contribution in [3.8, 4) is 0 Å². The minimum atomic E-state index is 0.677. The minimum absolute atomic E-state index is 0.677. The lowest BCUT2D eigenvalue weighted by atomic mass is 9.46. The molecule has 0 heteroatoms. The normalized spacial score (nSPS) is 74.8. The van der Waals surface area contributed by atoms with Gasteiger partial charge in [-0.3, -0.25) is 0 Å². The van der Waals surface area contributed by atoms with Gasteiger partial charge in [0.05, 0.1) is 0 Å². The lowest BCUT2D eigenvalue weighted by Gasteiger charge is -2.59. The van der Waals surface area contributed by atoms with Crippen LogP contribution in [-0.4, -0.2) is 0 Å². The summed E-state index contributed by atoms with van der Waals surface area (Å²) in [6, 6.07) is 0. The molecule has 6 atom stereocenters. The molecule has 0 N–H and O–H groups in total. The van der Waals surface area contributed by atoms with Gasteiger partial charge in [-0.15, -0.1) is 0 Å². The van der Waals surface area contributed by atoms with E-state index in [2.05, 4.69) is 27.7 Å². The summed E-state index contributed by atoms with van der Waals surface area (Å²) in [6.45, 7) is 10.1. The van der Waals surface area contributed by atoms with Crippen molar-refractivity contribution in [2.75, 3.05) is 0 Å². The SMILES string of the molecule is CC1C2CC3C(C)(C)C(C)C34CC124. The van der Waals surface area contributed by atoms with Gasteiger partial charge in [0.2, 0.25) is 0 Å². The summed E-state index contributed by atoms with van der Waals surface area (Å²) in [7, 11) is 0. The van der Waals surface area contributed by atoms with E-state index >= 15 is 0 Å². The van der Waals surface area contributed by atoms with E-state index < -0.39 is 0 Å². The van der Waals surface area contributed by atoms with Gasteiger partial charge < -0.3 is 0 Å². The van der Waals surface area contributed by atoms with Gasteiger partial charge in [-0.2, -0.15) is 0 Å². The molecule has 6 unspecified atom stereocenters. The fourth-order valence-electron chi connectivity index (χ4n) is 6.25. The fourth-order valence-corrected chi connectivity index (χ4v) is 6.25. The molecule has 0 saturated heterocycles. The zero-order valence-corrected chi connectivity index (χ0v) is 9.22. The molecule has 0 aliphatic heterocycles. The van der Waals surface area contributed by atoms with Crippen LogP contribution in [0.5, 0.6) is 0 Å². The van der Waals surface area contributed by atoms with Crippen LogP contribution < -0.4 is 0 Å². The summed E-state index contributed by atoms with van der Waals surface area (Å²) in [6.07, 6.45) is 3.19. The Kier molecular flexibility index (Phi) is 0.798. The average molecular weight is 176 g/mol. The van der Waals surface area contributed by atoms with Gasteiger partial charge in [-0.1, -0.05) is 27.7 Å². The molecular formula is C13H20. The molecule has 4 saturated carbocycles. The predicted molar refractivity (Wildman–Crippen MR) is 53.2 cm³/mol. The third kappa shape index (κ3) is 0.397. The number of hydrogen-bond acceptors (Lipinski definition) is 0. The van der Waals surface area contributed by atoms with Gasteiger partial charge in [0.15, 0.2) is 0 Å². The predicted octanol–water partition coefficient (Wildman–Crippen LogP) is 3.32. The second-order valence-electron chi connectivity index (χ2n) is 6.98. The zero-order valence-electron chi connectivity index (χ0n) is 9.22. The second kappa shape index (κ2) is 1.42. The fraction of sp³-hybridized carbons (Fsp3) is 1.00. The molecule has 0 aromatic carbocycles. The maximum absolute atomic E-state index is 2.53. The van der Waals surface area contributed by atoms with Crippen molar-refractivity contribution in [2.45, 2.75) is 40.5 Å². The summed E-state index contributed by atoms with van der Waals surface area (Å²) in [4.78, 5) is 0. The van der Waals surface area contributed by atoms with Crippen LogP contribution in [0.1, 0.15) is 40.5 Å². The average Bonchev–Trinajstić information content (AvgIpc) is 2.89. The van der Waals surface area contributed by atoms with Crippen molar-refractivity contribution in [3.63, 3.8) is 0 Å². The molecule has 72 valence electrons. The van der Waals surface area contributed by atoms with E-state index in [0.29, 0.717) is 5.41 Å². The smallest absolute Gasteiger partial charge is 0.0165 e. The Labute approximate surface area is 81.1 Å². The van der Waals surface area contributed by atoms with Crippen LogP contribution in [-0.2, 0) is 0 Å². The van der Waals surface area contributed by atoms with Crippen LogP contribution >= 0.6 is 0 Å². The van der Waals surface area contributed by atoms with E-state index in [1.165, 1.54) is 0 Å². The Morgan fingerprint density at radius 2 is 1.77 bits per heavy atom. The molecule has 0 radical (unpaired) electrons. The highest BCUT2D eigenvalue weighted by Gasteiger charge is 2.96. The summed E-state index contributed by atoms with van der Waals surface area (Å²) >= 11 is 0. The molecule has 4 fully saturated rings. The molecule has 0 nitrogen and oxygen atoms in total. The van der Waals surface area contributed by atoms with Gasteiger partial charge in [0.1, 0.15) is 0 Å². The highest BCUT2D eigenvalue weighted by atomic mass is 15.0. The summed E-state index contributed by atoms with van der Waals surface area (Å²) < 4.78 is 0. The van der Waals surface area contributed by atoms with Gasteiger partial charge in [0, 0.05) is 0 Å². The largest absolute Gasteiger partial charge is 0.0617 e. The van der Waals surface area contributed by atoms with Crippen LogP contribution in [0.25, 0.3) is 0 Å². The van der Waals surface area contributed by atoms with E-state index in [-0.39, 0.29) is 0 Å². The molecule has 0 aromatic heterocycles. The van der Waals surface area contributed by atoms with Gasteiger partial charge in [-0.25, -0.2) is 0 Å². The molecule has 4 rings (SSSR count). The summed E-state index contributed by atoms with van der Waals surface area (Å²) in [5, 5.41) is 0. The first-order valence-corrected chi connectivity index (χ1v) is 5.99. The molecule has 13 heavy (non-hydrogen) atoms. The molecule has 4 aliphatic carbocycles. The first-order chi connectivity index (χ1) is 5.99. The maximum atomic E-state index is 2.53. The van der Waals surface area contributed by atoms with E-state index in [9.17, 15) is 0 Å². The Morgan fingerprint density at radius 1 is 1.08 bits per heavy atom. The summed E-state index contributed by atoms with van der Waals surface area (Å²) in [5.41, 5.74) is 2.46. The Bertz CT molecular complexity index is 316. The maximum Gasteiger partial charge on any atom is -0.0165 e. The molecule has 0 amide bonds. The molecule has 2 spiro atoms. The quantitative estimate of drug-likeness (QED) is 0.531. The van der Waals surface area contributed by atoms with Gasteiger partial charge >= 0.3 is 0 Å². The van der Waals surface area contributed by atoms with E-state index in [0.717, 1.165) is 34.5 Å². The Balaban J connectivity index is 1.81. The first kappa shape index (κ1) is 7.31. The lowest BCUT2D eigenvalue weighted by molar-refractivity contribution is -0.112. The second-order valence-corrected chi connectivity index (χ2v) is 6.98. The van der Waals surface area contributed by atoms with Gasteiger partial charge in [0.25, 0.3) is 0 Å². The van der Waals surface area contributed by atoms with Crippen LogP contribution in [0, 0.1) is 39.9 Å². The highest BCUT2D eigenvalue weighted by Crippen LogP contribution is 3.01. The Morgan fingerprint density at radius 3 is 2.38 bits per heavy atom. The van der Waals surface area contributed by atoms with Crippen LogP contribution in [0.4, 0.5) is 0 Å². The van der Waals surface area contributed by atoms with E-state index in [1.807, 2.05) is 0 Å². The van der Waals surface area contributed by atoms with Crippen molar-refractivity contribution in [1.82, 2.24) is 0 Å². The minimum Gasteiger partial charge on any atom is -0.0617 e. The van der Waals surface area contributed by atoms with Crippen LogP contribution in [0.15, 0.2) is 0 Å². The monoisotopic (exact) mass is 176 g/mol. The van der Waals surface area contributed by atoms with Crippen molar-refractivity contribution < 1.29 is 0 Å². The first-order valence-electron chi connectivity index (χ1n) is 5.99. The van der Waals surface area contributed by atoms with Crippen LogP contribution in [0.2, 0.25) is 0 Å². The zero-order chi connectivity index (χ0) is 9.22. The number of rotatable bonds is 0. The van der Waals surface area contributed by atoms with Crippen LogP contribution in [0.3, 0.4) is 0 Å². The van der Waals surface area contributed by atoms with Gasteiger partial charge in [-0.05, 0) is 52.8 Å². The number of hydrogen-bond donors (Lipinski definition) is 0. The molecule has 0 bridgehead atoms. The standard InChI is InChI=1S/C13H20/c1-7-9-5-10-11(3,4)8(2)13(10)6-12(7,9)13/h7-10H,5-6H2,1-4H3. The van der Waals surface area contributed by atoms with Crippen molar-refractivity contribution in [2.24, 2.45) is 39.9 Å². The van der Waals surface area contributed by atoms with Crippen molar-refractivity contribution in [3.05, 3.63) is 0 Å². The molecule has 0 heterocycles. The lowest BCUT2D eigenvalue weighted by Crippen LogP contribution is -2.53. The topological polar surface area (TPSA) is 0 Å².